The molecule has 8 heteroatoms. The number of ether oxygens (including phenoxy) is 2. The molecule has 2 aromatic carbocycles. The normalized spacial score (nSPS) is 15.4. The van der Waals surface area contributed by atoms with E-state index in [4.69, 9.17) is 14.5 Å². The van der Waals surface area contributed by atoms with Crippen LogP contribution in [-0.2, 0) is 9.53 Å². The number of carbonyl (C=O) groups is 1. The lowest BCUT2D eigenvalue weighted by molar-refractivity contribution is -0.139. The highest BCUT2D eigenvalue weighted by atomic mass is 16.5. The number of aromatic nitrogens is 4. The number of benzene rings is 2. The van der Waals surface area contributed by atoms with Gasteiger partial charge in [-0.25, -0.2) is 19.3 Å². The Bertz CT molecular complexity index is 1360. The number of rotatable bonds is 4. The smallest absolute Gasteiger partial charge is 0.338 e. The van der Waals surface area contributed by atoms with Crippen molar-refractivity contribution in [3.8, 4) is 23.0 Å². The van der Waals surface area contributed by atoms with Crippen LogP contribution in [-0.4, -0.2) is 37.3 Å². The summed E-state index contributed by atoms with van der Waals surface area (Å²) in [6.07, 6.45) is 1.51. The number of allylic oxidation sites excluding steroid dienone is 1. The van der Waals surface area contributed by atoms with Gasteiger partial charge in [0.2, 0.25) is 5.88 Å². The van der Waals surface area contributed by atoms with Gasteiger partial charge in [-0.2, -0.15) is 0 Å². The van der Waals surface area contributed by atoms with Crippen LogP contribution < -0.4 is 4.74 Å². The van der Waals surface area contributed by atoms with Crippen LogP contribution in [0.2, 0.25) is 0 Å². The molecule has 0 spiro atoms. The molecule has 0 radical (unpaired) electrons. The van der Waals surface area contributed by atoms with Gasteiger partial charge in [-0.3, -0.25) is 0 Å². The molecule has 0 bridgehead atoms. The lowest BCUT2D eigenvalue weighted by Gasteiger charge is -2.28. The van der Waals surface area contributed by atoms with Crippen molar-refractivity contribution in [2.75, 3.05) is 6.61 Å². The molecule has 8 nitrogen and oxygen atoms in total. The van der Waals surface area contributed by atoms with Crippen molar-refractivity contribution in [2.24, 2.45) is 0 Å². The highest BCUT2D eigenvalue weighted by Crippen LogP contribution is 2.44. The Morgan fingerprint density at radius 2 is 1.91 bits per heavy atom. The fourth-order valence-electron chi connectivity index (χ4n) is 3.97. The second-order valence-corrected chi connectivity index (χ2v) is 7.32. The van der Waals surface area contributed by atoms with E-state index in [-0.39, 0.29) is 12.4 Å². The van der Waals surface area contributed by atoms with Gasteiger partial charge < -0.3 is 14.6 Å². The summed E-state index contributed by atoms with van der Waals surface area (Å²) in [5.41, 5.74) is 2.86. The summed E-state index contributed by atoms with van der Waals surface area (Å²) in [6, 6.07) is 16.5. The van der Waals surface area contributed by atoms with Crippen LogP contribution in [0.4, 0.5) is 0 Å². The van der Waals surface area contributed by atoms with Gasteiger partial charge in [0, 0.05) is 0 Å². The summed E-state index contributed by atoms with van der Waals surface area (Å²) in [5, 5.41) is 14.8. The minimum absolute atomic E-state index is 0.0732. The van der Waals surface area contributed by atoms with Crippen molar-refractivity contribution in [2.45, 2.75) is 19.8 Å². The minimum Gasteiger partial charge on any atom is -0.507 e. The van der Waals surface area contributed by atoms with Crippen molar-refractivity contribution in [1.29, 1.82) is 0 Å². The molecule has 0 fully saturated rings. The number of nitrogens with zero attached hydrogens (tertiary/aromatic N) is 4. The molecule has 3 heterocycles. The fourth-order valence-corrected chi connectivity index (χ4v) is 3.97. The number of para-hydroxylation sites is 1. The maximum absolute atomic E-state index is 13.0. The molecule has 0 saturated carbocycles. The molecular weight excluding hydrogens is 408 g/mol. The van der Waals surface area contributed by atoms with Crippen LogP contribution in [0, 0.1) is 0 Å². The number of fused-ring (bicyclic) bond motifs is 3. The molecule has 32 heavy (non-hydrogen) atoms. The van der Waals surface area contributed by atoms with Crippen molar-refractivity contribution in [1.82, 2.24) is 19.6 Å². The summed E-state index contributed by atoms with van der Waals surface area (Å²) in [7, 11) is 0. The molecule has 0 unspecified atom stereocenters. The van der Waals surface area contributed by atoms with Crippen LogP contribution in [0.1, 0.15) is 30.9 Å². The van der Waals surface area contributed by atoms with E-state index in [0.29, 0.717) is 39.8 Å². The van der Waals surface area contributed by atoms with E-state index in [1.807, 2.05) is 30.3 Å². The van der Waals surface area contributed by atoms with Crippen molar-refractivity contribution in [3.63, 3.8) is 0 Å². The Kier molecular flexibility index (Phi) is 4.82. The number of phenolic OH excluding ortho intramolecular Hbond substituents is 1. The van der Waals surface area contributed by atoms with E-state index in [0.717, 1.165) is 5.56 Å². The first-order valence-electron chi connectivity index (χ1n) is 10.2. The van der Waals surface area contributed by atoms with E-state index < -0.39 is 11.9 Å². The van der Waals surface area contributed by atoms with Gasteiger partial charge in [0.25, 0.3) is 0 Å². The fraction of sp³-hybridized carbons (Fsp3) is 0.167. The standard InChI is InChI=1S/C24H20N4O4/c1-3-31-24(30)18-14(2)32-23-20(19(18)15-9-5-4-6-10-15)22-26-21(27-28(22)13-25-23)16-11-7-8-12-17(16)29/h4-13,19,29H,3H2,1-2H3/t19-/m0/s1. The third kappa shape index (κ3) is 3.17. The summed E-state index contributed by atoms with van der Waals surface area (Å²) >= 11 is 0. The van der Waals surface area contributed by atoms with Crippen molar-refractivity contribution >= 4 is 11.6 Å². The Balaban J connectivity index is 1.76. The number of carbonyl (C=O) groups excluding carboxylic acids is 1. The van der Waals surface area contributed by atoms with E-state index in [9.17, 15) is 9.90 Å². The molecule has 0 saturated heterocycles. The second-order valence-electron chi connectivity index (χ2n) is 7.32. The van der Waals surface area contributed by atoms with Crippen molar-refractivity contribution < 1.29 is 19.4 Å². The number of hydrogen-bond acceptors (Lipinski definition) is 7. The van der Waals surface area contributed by atoms with Gasteiger partial charge in [0.05, 0.1) is 29.2 Å². The average molecular weight is 428 g/mol. The number of aromatic hydroxyl groups is 1. The van der Waals surface area contributed by atoms with Gasteiger partial charge in [0.15, 0.2) is 11.5 Å². The van der Waals surface area contributed by atoms with Crippen molar-refractivity contribution in [3.05, 3.63) is 83.4 Å². The topological polar surface area (TPSA) is 98.8 Å². The molecule has 160 valence electrons. The van der Waals surface area contributed by atoms with Crippen LogP contribution in [0.15, 0.2) is 72.3 Å². The Hall–Kier alpha value is -4.20. The zero-order chi connectivity index (χ0) is 22.2. The summed E-state index contributed by atoms with van der Waals surface area (Å²) in [4.78, 5) is 22.1. The predicted octanol–water partition coefficient (Wildman–Crippen LogP) is 3.86. The lowest BCUT2D eigenvalue weighted by atomic mass is 9.83. The maximum Gasteiger partial charge on any atom is 0.338 e. The number of esters is 1. The Morgan fingerprint density at radius 3 is 2.66 bits per heavy atom. The van der Waals surface area contributed by atoms with Gasteiger partial charge >= 0.3 is 5.97 Å². The van der Waals surface area contributed by atoms with Gasteiger partial charge in [0.1, 0.15) is 17.8 Å². The van der Waals surface area contributed by atoms with E-state index in [1.165, 1.54) is 10.8 Å². The van der Waals surface area contributed by atoms with Crippen LogP contribution in [0.25, 0.3) is 17.0 Å². The molecule has 1 aliphatic heterocycles. The molecule has 5 rings (SSSR count). The molecule has 0 aliphatic carbocycles. The highest BCUT2D eigenvalue weighted by Gasteiger charge is 2.38. The molecule has 4 aromatic rings. The molecule has 1 atom stereocenters. The summed E-state index contributed by atoms with van der Waals surface area (Å²) in [6.45, 7) is 3.74. The van der Waals surface area contributed by atoms with Gasteiger partial charge in [-0.05, 0) is 31.5 Å². The van der Waals surface area contributed by atoms with Crippen LogP contribution in [0.5, 0.6) is 11.6 Å². The molecule has 0 amide bonds. The molecular formula is C24H20N4O4. The monoisotopic (exact) mass is 428 g/mol. The maximum atomic E-state index is 13.0. The largest absolute Gasteiger partial charge is 0.507 e. The van der Waals surface area contributed by atoms with Gasteiger partial charge in [-0.1, -0.05) is 42.5 Å². The van der Waals surface area contributed by atoms with Gasteiger partial charge in [-0.15, -0.1) is 5.10 Å². The third-order valence-electron chi connectivity index (χ3n) is 5.37. The molecule has 1 aliphatic rings. The highest BCUT2D eigenvalue weighted by molar-refractivity contribution is 5.93. The second kappa shape index (κ2) is 7.81. The van der Waals surface area contributed by atoms with Crippen LogP contribution >= 0.6 is 0 Å². The zero-order valence-corrected chi connectivity index (χ0v) is 17.5. The Morgan fingerprint density at radius 1 is 1.16 bits per heavy atom. The Labute approximate surface area is 183 Å². The van der Waals surface area contributed by atoms with E-state index >= 15 is 0 Å². The quantitative estimate of drug-likeness (QED) is 0.493. The SMILES string of the molecule is CCOC(=O)C1=C(C)Oc2ncn3nc(-c4ccccc4O)nc3c2[C@H]1c1ccccc1. The average Bonchev–Trinajstić information content (AvgIpc) is 3.23. The third-order valence-corrected chi connectivity index (χ3v) is 5.37. The van der Waals surface area contributed by atoms with Crippen LogP contribution in [0.3, 0.4) is 0 Å². The number of phenols is 1. The first-order valence-corrected chi connectivity index (χ1v) is 10.2. The first-order chi connectivity index (χ1) is 15.6. The summed E-state index contributed by atoms with van der Waals surface area (Å²) < 4.78 is 12.8. The molecule has 1 N–H and O–H groups in total. The molecule has 2 aromatic heterocycles. The number of hydrogen-bond donors (Lipinski definition) is 1. The lowest BCUT2D eigenvalue weighted by Crippen LogP contribution is -2.24. The van der Waals surface area contributed by atoms with E-state index in [1.54, 1.807) is 38.1 Å². The first kappa shape index (κ1) is 19.7. The minimum atomic E-state index is -0.503. The zero-order valence-electron chi connectivity index (χ0n) is 17.5. The predicted molar refractivity (Wildman–Crippen MR) is 116 cm³/mol. The van der Waals surface area contributed by atoms with E-state index in [2.05, 4.69) is 10.1 Å². The summed E-state index contributed by atoms with van der Waals surface area (Å²) in [5.74, 6) is 0.247.